The van der Waals surface area contributed by atoms with E-state index < -0.39 is 0 Å². The van der Waals surface area contributed by atoms with Gasteiger partial charge in [0.05, 0.1) is 4.99 Å². The molecule has 0 aromatic rings. The number of ether oxygens (including phenoxy) is 1. The van der Waals surface area contributed by atoms with Crippen molar-refractivity contribution in [2.45, 2.75) is 39.5 Å². The van der Waals surface area contributed by atoms with E-state index in [1.54, 1.807) is 0 Å². The van der Waals surface area contributed by atoms with Crippen LogP contribution in [0, 0.1) is 5.41 Å². The van der Waals surface area contributed by atoms with E-state index in [2.05, 4.69) is 6.92 Å². The summed E-state index contributed by atoms with van der Waals surface area (Å²) in [7, 11) is 0. The third kappa shape index (κ3) is 4.21. The van der Waals surface area contributed by atoms with Crippen LogP contribution in [0.3, 0.4) is 0 Å². The lowest BCUT2D eigenvalue weighted by molar-refractivity contribution is -0.133. The second-order valence-electron chi connectivity index (χ2n) is 5.11. The van der Waals surface area contributed by atoms with Crippen LogP contribution in [0.1, 0.15) is 39.5 Å². The van der Waals surface area contributed by atoms with Gasteiger partial charge in [0.15, 0.2) is 0 Å². The maximum absolute atomic E-state index is 11.9. The van der Waals surface area contributed by atoms with Gasteiger partial charge in [-0.1, -0.05) is 19.1 Å². The Bertz CT molecular complexity index is 299. The van der Waals surface area contributed by atoms with Crippen LogP contribution in [-0.2, 0) is 9.53 Å². The first kappa shape index (κ1) is 15.4. The van der Waals surface area contributed by atoms with Gasteiger partial charge in [0.2, 0.25) is 5.91 Å². The topological polar surface area (TPSA) is 55.6 Å². The number of likely N-dealkylation sites (tertiary alicyclic amines) is 1. The molecule has 0 bridgehead atoms. The van der Waals surface area contributed by atoms with Crippen molar-refractivity contribution in [1.29, 1.82) is 0 Å². The summed E-state index contributed by atoms with van der Waals surface area (Å²) in [6, 6.07) is 0. The highest BCUT2D eigenvalue weighted by Gasteiger charge is 2.33. The largest absolute Gasteiger partial charge is 0.393 e. The van der Waals surface area contributed by atoms with Crippen LogP contribution in [0.5, 0.6) is 0 Å². The molecule has 0 radical (unpaired) electrons. The third-order valence-electron chi connectivity index (χ3n) is 3.70. The van der Waals surface area contributed by atoms with E-state index in [4.69, 9.17) is 22.7 Å². The van der Waals surface area contributed by atoms with Crippen molar-refractivity contribution in [1.82, 2.24) is 4.90 Å². The lowest BCUT2D eigenvalue weighted by Crippen LogP contribution is -2.46. The Morgan fingerprint density at radius 1 is 1.44 bits per heavy atom. The summed E-state index contributed by atoms with van der Waals surface area (Å²) in [5.74, 6) is 0.222. The number of thiocarbonyl (C=S) groups is 1. The van der Waals surface area contributed by atoms with E-state index in [9.17, 15) is 4.79 Å². The zero-order chi connectivity index (χ0) is 13.6. The lowest BCUT2D eigenvalue weighted by Gasteiger charge is -2.38. The molecule has 1 heterocycles. The zero-order valence-corrected chi connectivity index (χ0v) is 12.2. The minimum Gasteiger partial charge on any atom is -0.393 e. The Labute approximate surface area is 115 Å². The summed E-state index contributed by atoms with van der Waals surface area (Å²) in [4.78, 5) is 14.4. The fourth-order valence-corrected chi connectivity index (χ4v) is 2.33. The molecule has 0 aliphatic carbocycles. The number of carbonyl (C=O) groups excluding carboxylic acids is 1. The molecular weight excluding hydrogens is 248 g/mol. The first-order chi connectivity index (χ1) is 8.49. The molecule has 18 heavy (non-hydrogen) atoms. The van der Waals surface area contributed by atoms with Crippen LogP contribution in [0.15, 0.2) is 0 Å². The molecule has 0 unspecified atom stereocenters. The first-order valence-electron chi connectivity index (χ1n) is 6.65. The first-order valence-corrected chi connectivity index (χ1v) is 7.06. The van der Waals surface area contributed by atoms with Gasteiger partial charge in [0.25, 0.3) is 0 Å². The molecular formula is C13H24N2O2S. The van der Waals surface area contributed by atoms with Gasteiger partial charge in [0, 0.05) is 38.1 Å². The summed E-state index contributed by atoms with van der Waals surface area (Å²) in [5, 5.41) is 0. The van der Waals surface area contributed by atoms with Crippen molar-refractivity contribution in [3.8, 4) is 0 Å². The Kier molecular flexibility index (Phi) is 6.02. The molecule has 1 amide bonds. The molecule has 0 atom stereocenters. The molecule has 0 saturated carbocycles. The molecule has 4 nitrogen and oxygen atoms in total. The monoisotopic (exact) mass is 272 g/mol. The maximum atomic E-state index is 11.9. The highest BCUT2D eigenvalue weighted by atomic mass is 32.1. The van der Waals surface area contributed by atoms with E-state index in [0.29, 0.717) is 24.6 Å². The molecule has 1 aliphatic heterocycles. The summed E-state index contributed by atoms with van der Waals surface area (Å²) < 4.78 is 5.23. The van der Waals surface area contributed by atoms with Crippen molar-refractivity contribution in [2.24, 2.45) is 11.1 Å². The average molecular weight is 272 g/mol. The molecule has 1 fully saturated rings. The SMILES string of the molecule is CCOCCCC(=O)N1CCC(C)(C(N)=S)CC1. The maximum Gasteiger partial charge on any atom is 0.222 e. The number of carbonyl (C=O) groups is 1. The molecule has 0 spiro atoms. The second-order valence-corrected chi connectivity index (χ2v) is 5.55. The lowest BCUT2D eigenvalue weighted by atomic mass is 9.80. The summed E-state index contributed by atoms with van der Waals surface area (Å²) in [6.45, 7) is 6.96. The molecule has 1 rings (SSSR count). The highest BCUT2D eigenvalue weighted by molar-refractivity contribution is 7.80. The smallest absolute Gasteiger partial charge is 0.222 e. The molecule has 0 aromatic heterocycles. The summed E-state index contributed by atoms with van der Waals surface area (Å²) in [6.07, 6.45) is 3.12. The third-order valence-corrected chi connectivity index (χ3v) is 4.19. The van der Waals surface area contributed by atoms with Gasteiger partial charge in [0.1, 0.15) is 0 Å². The van der Waals surface area contributed by atoms with Gasteiger partial charge < -0.3 is 15.4 Å². The summed E-state index contributed by atoms with van der Waals surface area (Å²) in [5.41, 5.74) is 5.68. The number of hydrogen-bond donors (Lipinski definition) is 1. The molecule has 2 N–H and O–H groups in total. The van der Waals surface area contributed by atoms with E-state index in [0.717, 1.165) is 32.4 Å². The Balaban J connectivity index is 2.30. The van der Waals surface area contributed by atoms with Crippen LogP contribution in [0.2, 0.25) is 0 Å². The minimum absolute atomic E-state index is 0.0720. The van der Waals surface area contributed by atoms with Crippen molar-refractivity contribution in [3.63, 3.8) is 0 Å². The van der Waals surface area contributed by atoms with Crippen molar-refractivity contribution in [2.75, 3.05) is 26.3 Å². The second kappa shape index (κ2) is 7.04. The van der Waals surface area contributed by atoms with Gasteiger partial charge in [-0.2, -0.15) is 0 Å². The molecule has 104 valence electrons. The van der Waals surface area contributed by atoms with E-state index >= 15 is 0 Å². The molecule has 5 heteroatoms. The standard InChI is InChI=1S/C13H24N2O2S/c1-3-17-10-4-5-11(16)15-8-6-13(2,7-9-15)12(14)18/h3-10H2,1-2H3,(H2,14,18). The number of piperidine rings is 1. The number of rotatable bonds is 6. The van der Waals surface area contributed by atoms with E-state index in [1.165, 1.54) is 0 Å². The molecule has 1 saturated heterocycles. The Morgan fingerprint density at radius 3 is 2.56 bits per heavy atom. The van der Waals surface area contributed by atoms with Gasteiger partial charge in [-0.05, 0) is 26.2 Å². The molecule has 0 aromatic carbocycles. The Hall–Kier alpha value is -0.680. The van der Waals surface area contributed by atoms with E-state index in [1.807, 2.05) is 11.8 Å². The quantitative estimate of drug-likeness (QED) is 0.591. The van der Waals surface area contributed by atoms with Crippen LogP contribution in [0.4, 0.5) is 0 Å². The average Bonchev–Trinajstić information content (AvgIpc) is 2.35. The highest BCUT2D eigenvalue weighted by Crippen LogP contribution is 2.31. The number of nitrogens with two attached hydrogens (primary N) is 1. The van der Waals surface area contributed by atoms with Gasteiger partial charge in [-0.3, -0.25) is 4.79 Å². The fourth-order valence-electron chi connectivity index (χ4n) is 2.12. The number of hydrogen-bond acceptors (Lipinski definition) is 3. The van der Waals surface area contributed by atoms with Gasteiger partial charge in [-0.15, -0.1) is 0 Å². The predicted octanol–water partition coefficient (Wildman–Crippen LogP) is 1.72. The van der Waals surface area contributed by atoms with Crippen molar-refractivity contribution in [3.05, 3.63) is 0 Å². The van der Waals surface area contributed by atoms with E-state index in [-0.39, 0.29) is 11.3 Å². The minimum atomic E-state index is -0.0720. The number of nitrogens with zero attached hydrogens (tertiary/aromatic N) is 1. The predicted molar refractivity (Wildman–Crippen MR) is 76.4 cm³/mol. The zero-order valence-electron chi connectivity index (χ0n) is 11.4. The Morgan fingerprint density at radius 2 is 2.06 bits per heavy atom. The van der Waals surface area contributed by atoms with Crippen LogP contribution in [-0.4, -0.2) is 42.1 Å². The van der Waals surface area contributed by atoms with Crippen LogP contribution < -0.4 is 5.73 Å². The van der Waals surface area contributed by atoms with Crippen molar-refractivity contribution >= 4 is 23.1 Å². The van der Waals surface area contributed by atoms with Gasteiger partial charge in [-0.25, -0.2) is 0 Å². The van der Waals surface area contributed by atoms with Crippen LogP contribution >= 0.6 is 12.2 Å². The van der Waals surface area contributed by atoms with Crippen LogP contribution in [0.25, 0.3) is 0 Å². The number of amides is 1. The fraction of sp³-hybridized carbons (Fsp3) is 0.846. The molecule has 1 aliphatic rings. The normalized spacial score (nSPS) is 18.7. The van der Waals surface area contributed by atoms with Crippen molar-refractivity contribution < 1.29 is 9.53 Å². The van der Waals surface area contributed by atoms with Gasteiger partial charge >= 0.3 is 0 Å². The summed E-state index contributed by atoms with van der Waals surface area (Å²) >= 11 is 5.09.